The van der Waals surface area contributed by atoms with Crippen LogP contribution in [0.5, 0.6) is 0 Å². The lowest BCUT2D eigenvalue weighted by molar-refractivity contribution is -0.139. The molecule has 28 heavy (non-hydrogen) atoms. The molecule has 0 aromatic carbocycles. The Morgan fingerprint density at radius 2 is 0.893 bits per heavy atom. The third-order valence-corrected chi connectivity index (χ3v) is 4.77. The normalized spacial score (nSPS) is 24.9. The molecule has 2 rings (SSSR count). The predicted molar refractivity (Wildman–Crippen MR) is 112 cm³/mol. The number of hydrogen-bond donors (Lipinski definition) is 4. The summed E-state index contributed by atoms with van der Waals surface area (Å²) in [4.78, 5) is 24.2. The minimum absolute atomic E-state index is 0.117. The van der Waals surface area contributed by atoms with E-state index in [1.54, 1.807) is 0 Å². The maximum absolute atomic E-state index is 12.1. The smallest absolute Gasteiger partial charge is 0.306 e. The van der Waals surface area contributed by atoms with Crippen LogP contribution in [0.25, 0.3) is 0 Å². The van der Waals surface area contributed by atoms with Gasteiger partial charge in [0.1, 0.15) is 0 Å². The predicted octanol–water partition coefficient (Wildman–Crippen LogP) is 1.81. The van der Waals surface area contributed by atoms with E-state index in [-0.39, 0.29) is 22.2 Å². The second-order valence-corrected chi connectivity index (χ2v) is 10.7. The summed E-state index contributed by atoms with van der Waals surface area (Å²) in [6, 6.07) is 0. The van der Waals surface area contributed by atoms with Crippen LogP contribution < -0.4 is 21.5 Å². The van der Waals surface area contributed by atoms with Gasteiger partial charge in [-0.05, 0) is 55.4 Å². The van der Waals surface area contributed by atoms with Crippen molar-refractivity contribution in [1.82, 2.24) is 21.5 Å². The quantitative estimate of drug-likeness (QED) is 0.425. The molecular formula is C20H36N6O2. The number of nitrogens with one attached hydrogen (secondary N) is 4. The standard InChI is InChI=1S/C20H36N6O2/c1-17(2)9-13(10-18(3,4)25-17)21-23-15(27)16(28)24-22-14-11-19(5,6)26-20(7,8)12-14/h25-26H,9-12H2,1-8H3,(H,23,27)(H,24,28). The first-order valence-corrected chi connectivity index (χ1v) is 9.88. The van der Waals surface area contributed by atoms with Gasteiger partial charge in [-0.2, -0.15) is 10.2 Å². The van der Waals surface area contributed by atoms with Gasteiger partial charge in [-0.25, -0.2) is 10.9 Å². The molecule has 2 fully saturated rings. The molecular weight excluding hydrogens is 356 g/mol. The summed E-state index contributed by atoms with van der Waals surface area (Å²) in [6.07, 6.45) is 2.82. The topological polar surface area (TPSA) is 107 Å². The fourth-order valence-electron chi connectivity index (χ4n) is 4.69. The van der Waals surface area contributed by atoms with Gasteiger partial charge in [0.05, 0.1) is 0 Å². The second kappa shape index (κ2) is 7.55. The van der Waals surface area contributed by atoms with Crippen molar-refractivity contribution in [3.63, 3.8) is 0 Å². The van der Waals surface area contributed by atoms with E-state index in [4.69, 9.17) is 0 Å². The molecule has 4 N–H and O–H groups in total. The molecule has 2 amide bonds. The first kappa shape index (κ1) is 22.5. The molecule has 0 bridgehead atoms. The summed E-state index contributed by atoms with van der Waals surface area (Å²) in [5, 5.41) is 15.5. The van der Waals surface area contributed by atoms with Crippen LogP contribution in [0, 0.1) is 0 Å². The van der Waals surface area contributed by atoms with Crippen molar-refractivity contribution in [2.45, 2.75) is 103 Å². The molecule has 158 valence electrons. The van der Waals surface area contributed by atoms with Crippen molar-refractivity contribution in [1.29, 1.82) is 0 Å². The highest BCUT2D eigenvalue weighted by Crippen LogP contribution is 2.27. The van der Waals surface area contributed by atoms with E-state index in [1.165, 1.54) is 0 Å². The number of nitrogens with zero attached hydrogens (tertiary/aromatic N) is 2. The molecule has 0 radical (unpaired) electrons. The lowest BCUT2D eigenvalue weighted by Gasteiger charge is -2.43. The van der Waals surface area contributed by atoms with Crippen LogP contribution in [0.3, 0.4) is 0 Å². The van der Waals surface area contributed by atoms with Crippen LogP contribution in [-0.4, -0.2) is 45.4 Å². The molecule has 0 aromatic rings. The maximum atomic E-state index is 12.1. The second-order valence-electron chi connectivity index (χ2n) is 10.7. The van der Waals surface area contributed by atoms with E-state index in [2.05, 4.69) is 87.1 Å². The average molecular weight is 393 g/mol. The molecule has 2 aliphatic rings. The Labute approximate surface area is 168 Å². The Balaban J connectivity index is 1.95. The molecule has 0 spiro atoms. The Hall–Kier alpha value is -1.80. The highest BCUT2D eigenvalue weighted by Gasteiger charge is 2.37. The zero-order valence-corrected chi connectivity index (χ0v) is 18.5. The van der Waals surface area contributed by atoms with E-state index in [0.29, 0.717) is 25.7 Å². The van der Waals surface area contributed by atoms with Crippen LogP contribution in [0.15, 0.2) is 10.2 Å². The monoisotopic (exact) mass is 392 g/mol. The minimum Gasteiger partial charge on any atom is -0.306 e. The minimum atomic E-state index is -0.807. The number of piperidine rings is 2. The van der Waals surface area contributed by atoms with Gasteiger partial charge in [0.25, 0.3) is 0 Å². The van der Waals surface area contributed by atoms with Gasteiger partial charge in [0, 0.05) is 59.3 Å². The van der Waals surface area contributed by atoms with Crippen LogP contribution in [0.2, 0.25) is 0 Å². The SMILES string of the molecule is CC1(C)CC(=NNC(=O)C(=O)NN=C2CC(C)(C)NC(C)(C)C2)CC(C)(C)N1. The van der Waals surface area contributed by atoms with Gasteiger partial charge in [-0.1, -0.05) is 0 Å². The molecule has 0 saturated carbocycles. The largest absolute Gasteiger partial charge is 0.331 e. The molecule has 8 nitrogen and oxygen atoms in total. The zero-order valence-electron chi connectivity index (χ0n) is 18.5. The fourth-order valence-corrected chi connectivity index (χ4v) is 4.69. The van der Waals surface area contributed by atoms with E-state index in [1.807, 2.05) is 0 Å². The highest BCUT2D eigenvalue weighted by atomic mass is 16.2. The number of amides is 2. The number of hydrogen-bond acceptors (Lipinski definition) is 6. The van der Waals surface area contributed by atoms with Crippen molar-refractivity contribution in [2.75, 3.05) is 0 Å². The molecule has 0 unspecified atom stereocenters. The molecule has 8 heteroatoms. The van der Waals surface area contributed by atoms with Crippen LogP contribution >= 0.6 is 0 Å². The lowest BCUT2D eigenvalue weighted by Crippen LogP contribution is -2.58. The molecule has 2 heterocycles. The Bertz CT molecular complexity index is 607. The van der Waals surface area contributed by atoms with E-state index >= 15 is 0 Å². The third kappa shape index (κ3) is 6.67. The first-order chi connectivity index (χ1) is 12.6. The van der Waals surface area contributed by atoms with Crippen molar-refractivity contribution in [3.8, 4) is 0 Å². The van der Waals surface area contributed by atoms with E-state index < -0.39 is 11.8 Å². The van der Waals surface area contributed by atoms with Crippen molar-refractivity contribution >= 4 is 23.2 Å². The first-order valence-electron chi connectivity index (χ1n) is 9.88. The highest BCUT2D eigenvalue weighted by molar-refractivity contribution is 6.35. The van der Waals surface area contributed by atoms with Gasteiger partial charge in [-0.15, -0.1) is 0 Å². The molecule has 0 aliphatic carbocycles. The average Bonchev–Trinajstić information content (AvgIpc) is 2.44. The summed E-state index contributed by atoms with van der Waals surface area (Å²) < 4.78 is 0. The molecule has 2 saturated heterocycles. The van der Waals surface area contributed by atoms with Gasteiger partial charge in [-0.3, -0.25) is 9.59 Å². The van der Waals surface area contributed by atoms with Crippen molar-refractivity contribution in [2.24, 2.45) is 10.2 Å². The maximum Gasteiger partial charge on any atom is 0.331 e. The number of rotatable bonds is 2. The summed E-state index contributed by atoms with van der Waals surface area (Å²) in [5.74, 6) is -1.61. The fraction of sp³-hybridized carbons (Fsp3) is 0.800. The van der Waals surface area contributed by atoms with Gasteiger partial charge in [0.15, 0.2) is 0 Å². The van der Waals surface area contributed by atoms with Gasteiger partial charge < -0.3 is 10.6 Å². The third-order valence-electron chi connectivity index (χ3n) is 4.77. The van der Waals surface area contributed by atoms with E-state index in [0.717, 1.165) is 11.4 Å². The van der Waals surface area contributed by atoms with Gasteiger partial charge in [0.2, 0.25) is 0 Å². The lowest BCUT2D eigenvalue weighted by atomic mass is 9.81. The van der Waals surface area contributed by atoms with Gasteiger partial charge >= 0.3 is 11.8 Å². The molecule has 2 aliphatic heterocycles. The zero-order chi connectivity index (χ0) is 21.4. The Kier molecular flexibility index (Phi) is 6.07. The molecule has 0 atom stereocenters. The number of carbonyl (C=O) groups is 2. The van der Waals surface area contributed by atoms with E-state index in [9.17, 15) is 9.59 Å². The summed E-state index contributed by atoms with van der Waals surface area (Å²) in [5.41, 5.74) is 6.01. The molecule has 0 aromatic heterocycles. The Morgan fingerprint density at radius 1 is 0.643 bits per heavy atom. The van der Waals surface area contributed by atoms with Crippen molar-refractivity contribution < 1.29 is 9.59 Å². The van der Waals surface area contributed by atoms with Crippen LogP contribution in [0.4, 0.5) is 0 Å². The summed E-state index contributed by atoms with van der Waals surface area (Å²) >= 11 is 0. The number of carbonyl (C=O) groups excluding carboxylic acids is 2. The van der Waals surface area contributed by atoms with Crippen molar-refractivity contribution in [3.05, 3.63) is 0 Å². The summed E-state index contributed by atoms with van der Waals surface area (Å²) in [7, 11) is 0. The number of hydrazone groups is 2. The Morgan fingerprint density at radius 3 is 1.14 bits per heavy atom. The van der Waals surface area contributed by atoms with Crippen LogP contribution in [0.1, 0.15) is 81.1 Å². The van der Waals surface area contributed by atoms with Crippen LogP contribution in [-0.2, 0) is 9.59 Å². The summed E-state index contributed by atoms with van der Waals surface area (Å²) in [6.45, 7) is 16.7.